The number of aromatic nitrogens is 2. The highest BCUT2D eigenvalue weighted by atomic mass is 19.3. The van der Waals surface area contributed by atoms with Gasteiger partial charge in [0, 0.05) is 49.7 Å². The van der Waals surface area contributed by atoms with Gasteiger partial charge in [0.05, 0.1) is 17.5 Å². The number of carbonyl (C=O) groups is 1. The molecular weight excluding hydrogens is 419 g/mol. The number of rotatable bonds is 5. The van der Waals surface area contributed by atoms with E-state index in [1.807, 2.05) is 0 Å². The predicted octanol–water partition coefficient (Wildman–Crippen LogP) is 5.72. The first-order chi connectivity index (χ1) is 15.4. The molecule has 5 nitrogen and oxygen atoms in total. The van der Waals surface area contributed by atoms with Gasteiger partial charge >= 0.3 is 0 Å². The number of alkyl halides is 2. The lowest BCUT2D eigenvalue weighted by atomic mass is 9.83. The lowest BCUT2D eigenvalue weighted by molar-refractivity contribution is -0.121. The summed E-state index contributed by atoms with van der Waals surface area (Å²) in [5.74, 6) is -3.78. The van der Waals surface area contributed by atoms with Crippen molar-refractivity contribution < 1.29 is 22.7 Å². The van der Waals surface area contributed by atoms with Crippen molar-refractivity contribution >= 4 is 11.6 Å². The molecule has 0 aliphatic heterocycles. The summed E-state index contributed by atoms with van der Waals surface area (Å²) in [4.78, 5) is 21.8. The second-order valence-electron chi connectivity index (χ2n) is 8.78. The monoisotopic (exact) mass is 447 g/mol. The fraction of sp³-hybridized carbons (Fsp3) is 0.542. The number of nitrogens with one attached hydrogen (secondary N) is 1. The number of hydrogen-bond acceptors (Lipinski definition) is 4. The molecule has 0 spiro atoms. The Kier molecular flexibility index (Phi) is 6.79. The zero-order chi connectivity index (χ0) is 22.7. The molecule has 0 atom stereocenters. The summed E-state index contributed by atoms with van der Waals surface area (Å²) in [6.07, 6.45) is 6.24. The van der Waals surface area contributed by atoms with E-state index in [1.54, 1.807) is 13.2 Å². The van der Waals surface area contributed by atoms with Crippen molar-refractivity contribution in [3.05, 3.63) is 42.1 Å². The van der Waals surface area contributed by atoms with Crippen molar-refractivity contribution in [3.8, 4) is 11.3 Å². The molecule has 2 heterocycles. The van der Waals surface area contributed by atoms with E-state index in [-0.39, 0.29) is 55.2 Å². The molecule has 1 N–H and O–H groups in total. The molecule has 4 rings (SSSR count). The fourth-order valence-corrected chi connectivity index (χ4v) is 4.80. The van der Waals surface area contributed by atoms with Crippen molar-refractivity contribution in [1.82, 2.24) is 9.97 Å². The molecule has 172 valence electrons. The number of pyridine rings is 2. The molecule has 2 saturated carbocycles. The van der Waals surface area contributed by atoms with E-state index in [0.717, 1.165) is 12.8 Å². The number of ether oxygens (including phenoxy) is 1. The van der Waals surface area contributed by atoms with Gasteiger partial charge in [0.15, 0.2) is 0 Å². The molecule has 2 aromatic rings. The first-order valence-corrected chi connectivity index (χ1v) is 11.2. The van der Waals surface area contributed by atoms with Crippen molar-refractivity contribution in [3.63, 3.8) is 0 Å². The zero-order valence-corrected chi connectivity index (χ0v) is 18.1. The summed E-state index contributed by atoms with van der Waals surface area (Å²) >= 11 is 0. The number of hydrogen-bond donors (Lipinski definition) is 1. The highest BCUT2D eigenvalue weighted by Crippen LogP contribution is 2.44. The molecule has 1 amide bonds. The highest BCUT2D eigenvalue weighted by molar-refractivity contribution is 5.97. The van der Waals surface area contributed by atoms with Crippen LogP contribution in [0.15, 0.2) is 30.6 Å². The summed E-state index contributed by atoms with van der Waals surface area (Å²) in [6.45, 7) is 0. The third-order valence-electron chi connectivity index (χ3n) is 6.72. The van der Waals surface area contributed by atoms with Gasteiger partial charge in [-0.15, -0.1) is 0 Å². The Morgan fingerprint density at radius 1 is 1.06 bits per heavy atom. The van der Waals surface area contributed by atoms with Gasteiger partial charge < -0.3 is 10.1 Å². The Balaban J connectivity index is 1.66. The number of halogens is 3. The van der Waals surface area contributed by atoms with E-state index in [0.29, 0.717) is 29.8 Å². The van der Waals surface area contributed by atoms with Gasteiger partial charge in [0.2, 0.25) is 11.8 Å². The Morgan fingerprint density at radius 3 is 2.44 bits per heavy atom. The minimum Gasteiger partial charge on any atom is -0.381 e. The molecule has 0 bridgehead atoms. The standard InChI is InChI=1S/C24H28F3N3O2/c1-32-17-6-4-16(5-7-17)23(31)30-22-18(21-19(25)3-2-13-28-21)10-14-29-20(22)15-8-11-24(26,27)12-9-15/h2-3,10,13-17H,4-9,11-12H2,1H3,(H,30,31). The minimum absolute atomic E-state index is 0.107. The van der Waals surface area contributed by atoms with Gasteiger partial charge in [0.25, 0.3) is 0 Å². The van der Waals surface area contributed by atoms with Crippen LogP contribution in [0, 0.1) is 11.7 Å². The van der Waals surface area contributed by atoms with Crippen molar-refractivity contribution in [2.24, 2.45) is 5.92 Å². The Bertz CT molecular complexity index is 951. The number of anilines is 1. The van der Waals surface area contributed by atoms with Crippen LogP contribution in [0.5, 0.6) is 0 Å². The summed E-state index contributed by atoms with van der Waals surface area (Å²) < 4.78 is 47.5. The third kappa shape index (κ3) is 4.95. The quantitative estimate of drug-likeness (QED) is 0.637. The SMILES string of the molecule is COC1CCC(C(=O)Nc2c(-c3ncccc3F)ccnc2C2CCC(F)(F)CC2)CC1. The van der Waals surface area contributed by atoms with Crippen LogP contribution in [0.1, 0.15) is 63.0 Å². The molecule has 2 aliphatic carbocycles. The first-order valence-electron chi connectivity index (χ1n) is 11.2. The lowest BCUT2D eigenvalue weighted by Crippen LogP contribution is -2.30. The summed E-state index contributed by atoms with van der Waals surface area (Å²) in [5.41, 5.74) is 1.45. The van der Waals surface area contributed by atoms with Crippen LogP contribution in [-0.2, 0) is 9.53 Å². The van der Waals surface area contributed by atoms with E-state index in [1.165, 1.54) is 24.5 Å². The Morgan fingerprint density at radius 2 is 1.78 bits per heavy atom. The number of carbonyl (C=O) groups excluding carboxylic acids is 1. The predicted molar refractivity (Wildman–Crippen MR) is 115 cm³/mol. The average Bonchev–Trinajstić information content (AvgIpc) is 2.80. The summed E-state index contributed by atoms with van der Waals surface area (Å²) in [7, 11) is 1.67. The molecule has 0 saturated heterocycles. The smallest absolute Gasteiger partial charge is 0.248 e. The van der Waals surface area contributed by atoms with Crippen molar-refractivity contribution in [2.75, 3.05) is 12.4 Å². The van der Waals surface area contributed by atoms with Crippen LogP contribution in [-0.4, -0.2) is 35.0 Å². The van der Waals surface area contributed by atoms with E-state index in [9.17, 15) is 18.0 Å². The molecule has 0 radical (unpaired) electrons. The van der Waals surface area contributed by atoms with E-state index < -0.39 is 11.7 Å². The molecule has 2 aliphatic rings. The Hall–Kier alpha value is -2.48. The molecule has 2 aromatic heterocycles. The van der Waals surface area contributed by atoms with Crippen molar-refractivity contribution in [1.29, 1.82) is 0 Å². The van der Waals surface area contributed by atoms with E-state index in [2.05, 4.69) is 15.3 Å². The Labute approximate surface area is 185 Å². The normalized spacial score (nSPS) is 23.6. The van der Waals surface area contributed by atoms with Crippen LogP contribution in [0.2, 0.25) is 0 Å². The lowest BCUT2D eigenvalue weighted by Gasteiger charge is -2.30. The maximum Gasteiger partial charge on any atom is 0.248 e. The van der Waals surface area contributed by atoms with E-state index >= 15 is 0 Å². The van der Waals surface area contributed by atoms with Gasteiger partial charge in [-0.25, -0.2) is 13.2 Å². The van der Waals surface area contributed by atoms with Crippen LogP contribution in [0.25, 0.3) is 11.3 Å². The van der Waals surface area contributed by atoms with Crippen LogP contribution < -0.4 is 5.32 Å². The van der Waals surface area contributed by atoms with Crippen LogP contribution >= 0.6 is 0 Å². The maximum absolute atomic E-state index is 14.6. The average molecular weight is 448 g/mol. The van der Waals surface area contributed by atoms with Crippen LogP contribution in [0.4, 0.5) is 18.9 Å². The van der Waals surface area contributed by atoms with Crippen LogP contribution in [0.3, 0.4) is 0 Å². The molecule has 32 heavy (non-hydrogen) atoms. The van der Waals surface area contributed by atoms with Gasteiger partial charge in [-0.05, 0) is 56.7 Å². The minimum atomic E-state index is -2.68. The van der Waals surface area contributed by atoms with Gasteiger partial charge in [-0.2, -0.15) is 0 Å². The molecule has 2 fully saturated rings. The number of nitrogens with zero attached hydrogens (tertiary/aromatic N) is 2. The maximum atomic E-state index is 14.6. The van der Waals surface area contributed by atoms with Crippen molar-refractivity contribution in [2.45, 2.75) is 69.3 Å². The molecule has 8 heteroatoms. The summed E-state index contributed by atoms with van der Waals surface area (Å²) in [5, 5.41) is 2.99. The highest BCUT2D eigenvalue weighted by Gasteiger charge is 2.37. The zero-order valence-electron chi connectivity index (χ0n) is 18.1. The largest absolute Gasteiger partial charge is 0.381 e. The number of amides is 1. The number of methoxy groups -OCH3 is 1. The first kappa shape index (κ1) is 22.7. The molecular formula is C24H28F3N3O2. The van der Waals surface area contributed by atoms with Gasteiger partial charge in [-0.1, -0.05) is 0 Å². The fourth-order valence-electron chi connectivity index (χ4n) is 4.80. The second-order valence-corrected chi connectivity index (χ2v) is 8.78. The van der Waals surface area contributed by atoms with Gasteiger partial charge in [-0.3, -0.25) is 14.8 Å². The topological polar surface area (TPSA) is 64.1 Å². The molecule has 0 aromatic carbocycles. The third-order valence-corrected chi connectivity index (χ3v) is 6.72. The van der Waals surface area contributed by atoms with E-state index in [4.69, 9.17) is 4.74 Å². The summed E-state index contributed by atoms with van der Waals surface area (Å²) in [6, 6.07) is 4.42. The molecule has 0 unspecified atom stereocenters. The second kappa shape index (κ2) is 9.57. The van der Waals surface area contributed by atoms with Gasteiger partial charge in [0.1, 0.15) is 11.5 Å².